The maximum Gasteiger partial charge on any atom is 0.410 e. The Labute approximate surface area is 101 Å². The van der Waals surface area contributed by atoms with Crippen molar-refractivity contribution in [2.75, 3.05) is 13.1 Å². The zero-order valence-corrected chi connectivity index (χ0v) is 10.7. The highest BCUT2D eigenvalue weighted by Crippen LogP contribution is 2.30. The van der Waals surface area contributed by atoms with Crippen LogP contribution in [0.25, 0.3) is 0 Å². The lowest BCUT2D eigenvalue weighted by molar-refractivity contribution is -0.128. The third-order valence-electron chi connectivity index (χ3n) is 3.23. The molecule has 2 saturated heterocycles. The van der Waals surface area contributed by atoms with Gasteiger partial charge in [-0.3, -0.25) is 9.69 Å². The Balaban J connectivity index is 2.06. The number of carbonyl (C=O) groups excluding carboxylic acids is 2. The molecule has 2 rings (SSSR count). The van der Waals surface area contributed by atoms with E-state index in [4.69, 9.17) is 4.74 Å². The van der Waals surface area contributed by atoms with Crippen molar-refractivity contribution >= 4 is 12.0 Å². The third kappa shape index (κ3) is 2.53. The second kappa shape index (κ2) is 4.20. The first-order valence-corrected chi connectivity index (χ1v) is 6.16. The van der Waals surface area contributed by atoms with Crippen LogP contribution in [0.3, 0.4) is 0 Å². The molecule has 0 radical (unpaired) electrons. The minimum absolute atomic E-state index is 0.0374. The molecule has 0 aromatic rings. The predicted molar refractivity (Wildman–Crippen MR) is 62.5 cm³/mol. The van der Waals surface area contributed by atoms with Crippen molar-refractivity contribution in [2.45, 2.75) is 45.3 Å². The van der Waals surface area contributed by atoms with Crippen molar-refractivity contribution in [1.82, 2.24) is 10.2 Å². The molecular formula is C12H20N2O3. The second-order valence-corrected chi connectivity index (χ2v) is 5.75. The van der Waals surface area contributed by atoms with Gasteiger partial charge in [-0.15, -0.1) is 0 Å². The quantitative estimate of drug-likeness (QED) is 0.690. The maximum absolute atomic E-state index is 12.0. The van der Waals surface area contributed by atoms with Gasteiger partial charge in [0.2, 0.25) is 5.91 Å². The van der Waals surface area contributed by atoms with E-state index in [2.05, 4.69) is 5.32 Å². The summed E-state index contributed by atoms with van der Waals surface area (Å²) in [5.74, 6) is 0.265. The molecule has 0 aromatic heterocycles. The van der Waals surface area contributed by atoms with Gasteiger partial charge in [0.25, 0.3) is 0 Å². The van der Waals surface area contributed by atoms with E-state index < -0.39 is 5.60 Å². The van der Waals surface area contributed by atoms with Gasteiger partial charge in [0, 0.05) is 13.1 Å². The fraction of sp³-hybridized carbons (Fsp3) is 0.833. The summed E-state index contributed by atoms with van der Waals surface area (Å²) in [5.41, 5.74) is -0.514. The minimum Gasteiger partial charge on any atom is -0.444 e. The number of nitrogens with zero attached hydrogens (tertiary/aromatic N) is 1. The van der Waals surface area contributed by atoms with Crippen LogP contribution in [-0.4, -0.2) is 41.6 Å². The number of rotatable bonds is 0. The maximum atomic E-state index is 12.0. The van der Waals surface area contributed by atoms with Gasteiger partial charge in [0.05, 0.1) is 0 Å². The summed E-state index contributed by atoms with van der Waals surface area (Å²) >= 11 is 0. The van der Waals surface area contributed by atoms with E-state index in [1.165, 1.54) is 0 Å². The largest absolute Gasteiger partial charge is 0.444 e. The molecule has 0 saturated carbocycles. The smallest absolute Gasteiger partial charge is 0.410 e. The molecule has 0 bridgehead atoms. The van der Waals surface area contributed by atoms with Crippen molar-refractivity contribution in [3.63, 3.8) is 0 Å². The molecule has 2 fully saturated rings. The topological polar surface area (TPSA) is 58.6 Å². The molecule has 0 spiro atoms. The first-order chi connectivity index (χ1) is 7.88. The molecule has 5 nitrogen and oxygen atoms in total. The molecule has 2 aliphatic rings. The lowest BCUT2D eigenvalue weighted by Gasteiger charge is -2.32. The first kappa shape index (κ1) is 12.2. The highest BCUT2D eigenvalue weighted by atomic mass is 16.6. The molecule has 2 amide bonds. The van der Waals surface area contributed by atoms with Crippen LogP contribution in [-0.2, 0) is 9.53 Å². The molecule has 2 heterocycles. The van der Waals surface area contributed by atoms with Gasteiger partial charge in [0.1, 0.15) is 11.6 Å². The molecule has 5 heteroatoms. The number of fused-ring (bicyclic) bond motifs is 1. The van der Waals surface area contributed by atoms with E-state index in [1.807, 2.05) is 20.8 Å². The van der Waals surface area contributed by atoms with E-state index in [-0.39, 0.29) is 18.0 Å². The highest BCUT2D eigenvalue weighted by Gasteiger charge is 2.44. The zero-order chi connectivity index (χ0) is 12.6. The van der Waals surface area contributed by atoms with Crippen molar-refractivity contribution in [3.8, 4) is 0 Å². The van der Waals surface area contributed by atoms with Crippen LogP contribution in [0.4, 0.5) is 4.79 Å². The Bertz CT molecular complexity index is 335. The summed E-state index contributed by atoms with van der Waals surface area (Å²) in [5, 5.41) is 2.81. The number of piperidine rings is 1. The summed E-state index contributed by atoms with van der Waals surface area (Å²) < 4.78 is 5.33. The average molecular weight is 240 g/mol. The van der Waals surface area contributed by atoms with E-state index in [0.29, 0.717) is 12.5 Å². The Kier molecular flexibility index (Phi) is 3.02. The summed E-state index contributed by atoms with van der Waals surface area (Å²) in [7, 11) is 0. The number of carbonyl (C=O) groups is 2. The Hall–Kier alpha value is -1.26. The van der Waals surface area contributed by atoms with Crippen LogP contribution < -0.4 is 5.32 Å². The van der Waals surface area contributed by atoms with Crippen molar-refractivity contribution in [3.05, 3.63) is 0 Å². The monoisotopic (exact) mass is 240 g/mol. The molecule has 0 aliphatic carbocycles. The number of hydrogen-bond acceptors (Lipinski definition) is 3. The average Bonchev–Trinajstić information content (AvgIpc) is 2.60. The van der Waals surface area contributed by atoms with E-state index in [9.17, 15) is 9.59 Å². The third-order valence-corrected chi connectivity index (χ3v) is 3.23. The predicted octanol–water partition coefficient (Wildman–Crippen LogP) is 1.13. The van der Waals surface area contributed by atoms with Crippen LogP contribution in [0.2, 0.25) is 0 Å². The van der Waals surface area contributed by atoms with Crippen LogP contribution in [0.15, 0.2) is 0 Å². The van der Waals surface area contributed by atoms with Gasteiger partial charge in [-0.25, -0.2) is 4.79 Å². The fourth-order valence-corrected chi connectivity index (χ4v) is 2.52. The van der Waals surface area contributed by atoms with Crippen molar-refractivity contribution < 1.29 is 14.3 Å². The summed E-state index contributed by atoms with van der Waals surface area (Å²) in [4.78, 5) is 25.4. The van der Waals surface area contributed by atoms with E-state index >= 15 is 0 Å². The number of hydrogen-bond donors (Lipinski definition) is 1. The van der Waals surface area contributed by atoms with Crippen LogP contribution in [0.1, 0.15) is 33.6 Å². The number of likely N-dealkylation sites (tertiary alicyclic amines) is 1. The number of ether oxygens (including phenoxy) is 1. The molecule has 2 unspecified atom stereocenters. The Morgan fingerprint density at radius 1 is 1.41 bits per heavy atom. The minimum atomic E-state index is -0.514. The van der Waals surface area contributed by atoms with E-state index in [0.717, 1.165) is 19.4 Å². The summed E-state index contributed by atoms with van der Waals surface area (Å²) in [6.07, 6.45) is 1.48. The molecule has 17 heavy (non-hydrogen) atoms. The van der Waals surface area contributed by atoms with Crippen molar-refractivity contribution in [1.29, 1.82) is 0 Å². The SMILES string of the molecule is CC(C)(C)OC(=O)N1CCC2CCNC(=O)C21. The summed E-state index contributed by atoms with van der Waals surface area (Å²) in [6.45, 7) is 6.85. The normalized spacial score (nSPS) is 28.6. The van der Waals surface area contributed by atoms with Gasteiger partial charge < -0.3 is 10.1 Å². The van der Waals surface area contributed by atoms with Gasteiger partial charge in [-0.2, -0.15) is 0 Å². The van der Waals surface area contributed by atoms with Gasteiger partial charge in [-0.05, 0) is 39.5 Å². The lowest BCUT2D eigenvalue weighted by atomic mass is 9.93. The Morgan fingerprint density at radius 3 is 2.76 bits per heavy atom. The molecule has 0 aromatic carbocycles. The molecular weight excluding hydrogens is 220 g/mol. The van der Waals surface area contributed by atoms with Crippen LogP contribution in [0.5, 0.6) is 0 Å². The van der Waals surface area contributed by atoms with Gasteiger partial charge in [-0.1, -0.05) is 0 Å². The van der Waals surface area contributed by atoms with Gasteiger partial charge >= 0.3 is 6.09 Å². The summed E-state index contributed by atoms with van der Waals surface area (Å²) in [6, 6.07) is -0.321. The van der Waals surface area contributed by atoms with E-state index in [1.54, 1.807) is 4.90 Å². The molecule has 96 valence electrons. The van der Waals surface area contributed by atoms with Crippen LogP contribution >= 0.6 is 0 Å². The highest BCUT2D eigenvalue weighted by molar-refractivity contribution is 5.87. The molecule has 2 aliphatic heterocycles. The lowest BCUT2D eigenvalue weighted by Crippen LogP contribution is -2.53. The number of nitrogens with one attached hydrogen (secondary N) is 1. The number of amides is 2. The second-order valence-electron chi connectivity index (χ2n) is 5.75. The molecule has 2 atom stereocenters. The van der Waals surface area contributed by atoms with Crippen LogP contribution in [0, 0.1) is 5.92 Å². The van der Waals surface area contributed by atoms with Crippen molar-refractivity contribution in [2.24, 2.45) is 5.92 Å². The fourth-order valence-electron chi connectivity index (χ4n) is 2.52. The molecule has 1 N–H and O–H groups in total. The first-order valence-electron chi connectivity index (χ1n) is 6.16. The standard InChI is InChI=1S/C12H20N2O3/c1-12(2,3)17-11(16)14-7-5-8-4-6-13-10(15)9(8)14/h8-9H,4-7H2,1-3H3,(H,13,15). The Morgan fingerprint density at radius 2 is 2.12 bits per heavy atom. The van der Waals surface area contributed by atoms with Gasteiger partial charge in [0.15, 0.2) is 0 Å². The zero-order valence-electron chi connectivity index (χ0n) is 10.7.